The van der Waals surface area contributed by atoms with Crippen molar-refractivity contribution in [3.63, 3.8) is 0 Å². The number of thiocarbonyl (C=S) groups is 1. The van der Waals surface area contributed by atoms with Crippen LogP contribution in [0.1, 0.15) is 10.4 Å². The normalized spacial score (nSPS) is 10.8. The zero-order valence-electron chi connectivity index (χ0n) is 15.4. The molecule has 0 bridgehead atoms. The summed E-state index contributed by atoms with van der Waals surface area (Å²) in [6.07, 6.45) is 0. The van der Waals surface area contributed by atoms with Crippen molar-refractivity contribution < 1.29 is 4.79 Å². The SMILES string of the molecule is O=C(NC(=S)Nc1c(Br)cc(Br)cc1-c1nc2ccccc2s1)c1cc(I)ccc1Cl. The number of aromatic nitrogens is 1. The highest BCUT2D eigenvalue weighted by Crippen LogP contribution is 2.40. The highest BCUT2D eigenvalue weighted by atomic mass is 127. The number of para-hydroxylation sites is 1. The quantitative estimate of drug-likeness (QED) is 0.168. The van der Waals surface area contributed by atoms with E-state index in [-0.39, 0.29) is 11.0 Å². The molecule has 0 fully saturated rings. The van der Waals surface area contributed by atoms with Crippen LogP contribution >= 0.6 is 89.6 Å². The van der Waals surface area contributed by atoms with E-state index in [1.807, 2.05) is 42.5 Å². The van der Waals surface area contributed by atoms with Gasteiger partial charge in [-0.3, -0.25) is 10.1 Å². The zero-order chi connectivity index (χ0) is 22.1. The molecule has 1 heterocycles. The summed E-state index contributed by atoms with van der Waals surface area (Å²) in [4.78, 5) is 17.4. The summed E-state index contributed by atoms with van der Waals surface area (Å²) in [5.41, 5.74) is 2.85. The van der Waals surface area contributed by atoms with Gasteiger partial charge in [-0.2, -0.15) is 0 Å². The lowest BCUT2D eigenvalue weighted by Gasteiger charge is -2.15. The molecular weight excluding hydrogens is 697 g/mol. The Morgan fingerprint density at radius 2 is 1.90 bits per heavy atom. The fourth-order valence-electron chi connectivity index (χ4n) is 2.84. The fraction of sp³-hybridized carbons (Fsp3) is 0. The van der Waals surface area contributed by atoms with E-state index in [9.17, 15) is 4.79 Å². The lowest BCUT2D eigenvalue weighted by Crippen LogP contribution is -2.34. The van der Waals surface area contributed by atoms with Crippen LogP contribution in [0.2, 0.25) is 5.02 Å². The van der Waals surface area contributed by atoms with Gasteiger partial charge in [-0.15, -0.1) is 11.3 Å². The minimum Gasteiger partial charge on any atom is -0.331 e. The Morgan fingerprint density at radius 3 is 2.68 bits per heavy atom. The average molecular weight is 708 g/mol. The number of rotatable bonds is 3. The minimum absolute atomic E-state index is 0.158. The standard InChI is InChI=1S/C21H11Br2ClIN3OS2/c22-10-7-13(20-26-16-3-1-2-4-17(16)31-20)18(14(23)8-10)27-21(30)28-19(29)12-9-11(25)5-6-15(12)24/h1-9H,(H2,27,28,29,30). The van der Waals surface area contributed by atoms with E-state index in [4.69, 9.17) is 28.8 Å². The summed E-state index contributed by atoms with van der Waals surface area (Å²) in [7, 11) is 0. The van der Waals surface area contributed by atoms with Crippen LogP contribution in [-0.4, -0.2) is 16.0 Å². The topological polar surface area (TPSA) is 54.0 Å². The number of hydrogen-bond donors (Lipinski definition) is 2. The first-order chi connectivity index (χ1) is 14.8. The molecule has 2 N–H and O–H groups in total. The number of benzene rings is 3. The van der Waals surface area contributed by atoms with Gasteiger partial charge in [0.25, 0.3) is 5.91 Å². The van der Waals surface area contributed by atoms with Crippen molar-refractivity contribution in [2.75, 3.05) is 5.32 Å². The van der Waals surface area contributed by atoms with Gasteiger partial charge in [0.15, 0.2) is 5.11 Å². The Morgan fingerprint density at radius 1 is 1.13 bits per heavy atom. The van der Waals surface area contributed by atoms with Crippen LogP contribution in [0.3, 0.4) is 0 Å². The smallest absolute Gasteiger partial charge is 0.258 e. The van der Waals surface area contributed by atoms with Crippen molar-refractivity contribution >= 4 is 117 Å². The summed E-state index contributed by atoms with van der Waals surface area (Å²) in [5, 5.41) is 7.19. The molecule has 0 spiro atoms. The third kappa shape index (κ3) is 5.28. The number of anilines is 1. The Labute approximate surface area is 223 Å². The molecule has 0 aliphatic heterocycles. The first-order valence-electron chi connectivity index (χ1n) is 8.74. The number of amides is 1. The Bertz CT molecular complexity index is 1310. The number of carbonyl (C=O) groups is 1. The molecule has 4 aromatic rings. The summed E-state index contributed by atoms with van der Waals surface area (Å²) in [5.74, 6) is -0.379. The van der Waals surface area contributed by atoms with Crippen LogP contribution in [0, 0.1) is 3.57 Å². The summed E-state index contributed by atoms with van der Waals surface area (Å²) in [6, 6.07) is 17.1. The number of hydrogen-bond acceptors (Lipinski definition) is 4. The molecule has 0 unspecified atom stereocenters. The molecule has 0 atom stereocenters. The molecule has 0 radical (unpaired) electrons. The second-order valence-corrected chi connectivity index (χ2v) is 11.2. The Balaban J connectivity index is 1.64. The monoisotopic (exact) mass is 705 g/mol. The maximum atomic E-state index is 12.7. The number of thiazole rings is 1. The number of nitrogens with one attached hydrogen (secondary N) is 2. The van der Waals surface area contributed by atoms with Gasteiger partial charge in [0, 0.05) is 18.1 Å². The highest BCUT2D eigenvalue weighted by molar-refractivity contribution is 14.1. The van der Waals surface area contributed by atoms with Crippen molar-refractivity contribution in [1.82, 2.24) is 10.3 Å². The lowest BCUT2D eigenvalue weighted by molar-refractivity contribution is 0.0978. The Hall–Kier alpha value is -1.11. The predicted octanol–water partition coefficient (Wildman–Crippen LogP) is 7.87. The van der Waals surface area contributed by atoms with E-state index in [0.29, 0.717) is 16.3 Å². The number of carbonyl (C=O) groups excluding carboxylic acids is 1. The fourth-order valence-corrected chi connectivity index (χ4v) is 6.05. The average Bonchev–Trinajstić information content (AvgIpc) is 3.15. The Kier molecular flexibility index (Phi) is 7.29. The summed E-state index contributed by atoms with van der Waals surface area (Å²) in [6.45, 7) is 0. The number of nitrogens with zero attached hydrogens (tertiary/aromatic N) is 1. The minimum atomic E-state index is -0.379. The van der Waals surface area contributed by atoms with Crippen LogP contribution in [0.4, 0.5) is 5.69 Å². The third-order valence-electron chi connectivity index (χ3n) is 4.22. The van der Waals surface area contributed by atoms with E-state index < -0.39 is 0 Å². The zero-order valence-corrected chi connectivity index (χ0v) is 23.1. The number of fused-ring (bicyclic) bond motifs is 1. The van der Waals surface area contributed by atoms with Crippen LogP contribution in [0.15, 0.2) is 63.5 Å². The van der Waals surface area contributed by atoms with E-state index in [2.05, 4.69) is 65.1 Å². The van der Waals surface area contributed by atoms with Crippen LogP contribution in [0.5, 0.6) is 0 Å². The molecule has 0 aliphatic carbocycles. The van der Waals surface area contributed by atoms with Crippen LogP contribution in [0.25, 0.3) is 20.8 Å². The second kappa shape index (κ2) is 9.80. The molecule has 0 saturated carbocycles. The second-order valence-electron chi connectivity index (χ2n) is 6.33. The maximum absolute atomic E-state index is 12.7. The summed E-state index contributed by atoms with van der Waals surface area (Å²) >= 11 is 22.4. The molecule has 10 heteroatoms. The van der Waals surface area contributed by atoms with Crippen molar-refractivity contribution in [2.45, 2.75) is 0 Å². The van der Waals surface area contributed by atoms with Crippen molar-refractivity contribution in [2.24, 2.45) is 0 Å². The molecule has 1 aromatic heterocycles. The van der Waals surface area contributed by atoms with Gasteiger partial charge in [0.2, 0.25) is 0 Å². The van der Waals surface area contributed by atoms with Gasteiger partial charge in [0.05, 0.1) is 26.5 Å². The van der Waals surface area contributed by atoms with Gasteiger partial charge >= 0.3 is 0 Å². The maximum Gasteiger partial charge on any atom is 0.258 e. The first kappa shape index (κ1) is 23.1. The molecular formula is C21H11Br2ClIN3OS2. The molecule has 4 nitrogen and oxygen atoms in total. The molecule has 3 aromatic carbocycles. The van der Waals surface area contributed by atoms with E-state index >= 15 is 0 Å². The first-order valence-corrected chi connectivity index (χ1v) is 13.0. The number of halogens is 4. The van der Waals surface area contributed by atoms with E-state index in [1.54, 1.807) is 23.5 Å². The lowest BCUT2D eigenvalue weighted by atomic mass is 10.2. The van der Waals surface area contributed by atoms with Crippen molar-refractivity contribution in [3.05, 3.63) is 77.7 Å². The van der Waals surface area contributed by atoms with Crippen LogP contribution in [-0.2, 0) is 0 Å². The largest absolute Gasteiger partial charge is 0.331 e. The van der Waals surface area contributed by atoms with E-state index in [1.165, 1.54) is 0 Å². The van der Waals surface area contributed by atoms with Crippen molar-refractivity contribution in [1.29, 1.82) is 0 Å². The van der Waals surface area contributed by atoms with Gasteiger partial charge < -0.3 is 5.32 Å². The van der Waals surface area contributed by atoms with E-state index in [0.717, 1.165) is 33.3 Å². The van der Waals surface area contributed by atoms with Gasteiger partial charge in [-0.25, -0.2) is 4.98 Å². The van der Waals surface area contributed by atoms with Gasteiger partial charge in [-0.1, -0.05) is 39.7 Å². The molecule has 1 amide bonds. The van der Waals surface area contributed by atoms with Gasteiger partial charge in [0.1, 0.15) is 5.01 Å². The molecule has 0 saturated heterocycles. The van der Waals surface area contributed by atoms with Crippen molar-refractivity contribution in [3.8, 4) is 10.6 Å². The molecule has 31 heavy (non-hydrogen) atoms. The molecule has 4 rings (SSSR count). The van der Waals surface area contributed by atoms with Gasteiger partial charge in [-0.05, 0) is 93.2 Å². The molecule has 156 valence electrons. The third-order valence-corrected chi connectivity index (χ3v) is 7.58. The predicted molar refractivity (Wildman–Crippen MR) is 148 cm³/mol. The van der Waals surface area contributed by atoms with Crippen LogP contribution < -0.4 is 10.6 Å². The molecule has 0 aliphatic rings. The highest BCUT2D eigenvalue weighted by Gasteiger charge is 2.18. The summed E-state index contributed by atoms with van der Waals surface area (Å²) < 4.78 is 3.66.